The Hall–Kier alpha value is -1.94. The third kappa shape index (κ3) is 2.33. The molecule has 1 N–H and O–H groups in total. The smallest absolute Gasteiger partial charge is 0.147 e. The van der Waals surface area contributed by atoms with Crippen LogP contribution in [0.15, 0.2) is 36.5 Å². The molecule has 0 bridgehead atoms. The van der Waals surface area contributed by atoms with Crippen LogP contribution in [0.4, 0.5) is 4.39 Å². The van der Waals surface area contributed by atoms with E-state index in [4.69, 9.17) is 4.74 Å². The molecule has 1 unspecified atom stereocenters. The second-order valence-corrected chi connectivity index (χ2v) is 4.02. The Bertz CT molecular complexity index is 557. The lowest BCUT2D eigenvalue weighted by atomic mass is 10.0. The largest absolute Gasteiger partial charge is 0.496 e. The van der Waals surface area contributed by atoms with Gasteiger partial charge in [0.05, 0.1) is 7.11 Å². The van der Waals surface area contributed by atoms with Crippen LogP contribution in [0.5, 0.6) is 5.75 Å². The molecule has 0 saturated heterocycles. The van der Waals surface area contributed by atoms with Gasteiger partial charge in [0.1, 0.15) is 23.4 Å². The Labute approximate surface area is 105 Å². The van der Waals surface area contributed by atoms with Crippen LogP contribution < -0.4 is 4.74 Å². The van der Waals surface area contributed by atoms with Crippen molar-refractivity contribution in [3.63, 3.8) is 0 Å². The number of aliphatic hydroxyl groups is 1. The molecule has 2 rings (SSSR count). The number of hydrogen-bond donors (Lipinski definition) is 1. The van der Waals surface area contributed by atoms with E-state index in [1.54, 1.807) is 12.1 Å². The van der Waals surface area contributed by atoms with Gasteiger partial charge in [0.15, 0.2) is 0 Å². The number of ether oxygens (including phenoxy) is 1. The number of methoxy groups -OCH3 is 1. The molecule has 18 heavy (non-hydrogen) atoms. The zero-order chi connectivity index (χ0) is 13.1. The first-order chi connectivity index (χ1) is 8.63. The summed E-state index contributed by atoms with van der Waals surface area (Å²) in [5.41, 5.74) is 1.47. The minimum Gasteiger partial charge on any atom is -0.496 e. The van der Waals surface area contributed by atoms with Crippen molar-refractivity contribution in [1.82, 2.24) is 4.98 Å². The molecule has 1 aromatic heterocycles. The molecule has 94 valence electrons. The maximum absolute atomic E-state index is 13.6. The second kappa shape index (κ2) is 5.14. The average Bonchev–Trinajstić information content (AvgIpc) is 2.38. The molecule has 1 atom stereocenters. The van der Waals surface area contributed by atoms with Crippen molar-refractivity contribution in [2.24, 2.45) is 0 Å². The highest BCUT2D eigenvalue weighted by Crippen LogP contribution is 2.30. The number of halogens is 1. The van der Waals surface area contributed by atoms with Gasteiger partial charge in [0, 0.05) is 11.8 Å². The standard InChI is InChI=1S/C14H14FNO2/c1-9-5-6-12(18-2)10(8-9)14(17)13-11(15)4-3-7-16-13/h3-8,14,17H,1-2H3. The van der Waals surface area contributed by atoms with Crippen LogP contribution in [-0.2, 0) is 0 Å². The van der Waals surface area contributed by atoms with Gasteiger partial charge in [-0.25, -0.2) is 4.39 Å². The SMILES string of the molecule is COc1ccc(C)cc1C(O)c1ncccc1F. The highest BCUT2D eigenvalue weighted by molar-refractivity contribution is 5.41. The third-order valence-corrected chi connectivity index (χ3v) is 2.73. The molecule has 4 heteroatoms. The number of pyridine rings is 1. The van der Waals surface area contributed by atoms with Crippen LogP contribution in [-0.4, -0.2) is 17.2 Å². The Morgan fingerprint density at radius 1 is 1.33 bits per heavy atom. The Morgan fingerprint density at radius 2 is 2.11 bits per heavy atom. The Kier molecular flexibility index (Phi) is 3.58. The minimum absolute atomic E-state index is 0.00130. The van der Waals surface area contributed by atoms with Crippen LogP contribution in [0.1, 0.15) is 22.9 Å². The van der Waals surface area contributed by atoms with Crippen molar-refractivity contribution >= 4 is 0 Å². The fourth-order valence-corrected chi connectivity index (χ4v) is 1.81. The van der Waals surface area contributed by atoms with E-state index in [0.717, 1.165) is 5.56 Å². The second-order valence-electron chi connectivity index (χ2n) is 4.02. The predicted octanol–water partition coefficient (Wildman–Crippen LogP) is 2.62. The Morgan fingerprint density at radius 3 is 2.78 bits per heavy atom. The third-order valence-electron chi connectivity index (χ3n) is 2.73. The fraction of sp³-hybridized carbons (Fsp3) is 0.214. The van der Waals surface area contributed by atoms with Crippen molar-refractivity contribution in [2.45, 2.75) is 13.0 Å². The molecular weight excluding hydrogens is 233 g/mol. The van der Waals surface area contributed by atoms with E-state index >= 15 is 0 Å². The van der Waals surface area contributed by atoms with Crippen molar-refractivity contribution < 1.29 is 14.2 Å². The molecule has 0 spiro atoms. The lowest BCUT2D eigenvalue weighted by molar-refractivity contribution is 0.204. The molecule has 0 aliphatic rings. The van der Waals surface area contributed by atoms with Gasteiger partial charge in [-0.15, -0.1) is 0 Å². The van der Waals surface area contributed by atoms with Gasteiger partial charge in [-0.3, -0.25) is 4.98 Å². The van der Waals surface area contributed by atoms with E-state index < -0.39 is 11.9 Å². The van der Waals surface area contributed by atoms with Crippen LogP contribution in [0.3, 0.4) is 0 Å². The van der Waals surface area contributed by atoms with Crippen molar-refractivity contribution in [2.75, 3.05) is 7.11 Å². The van der Waals surface area contributed by atoms with Crippen LogP contribution in [0.25, 0.3) is 0 Å². The lowest BCUT2D eigenvalue weighted by Gasteiger charge is -2.15. The molecule has 0 aliphatic carbocycles. The van der Waals surface area contributed by atoms with Gasteiger partial charge >= 0.3 is 0 Å². The van der Waals surface area contributed by atoms with Crippen LogP contribution >= 0.6 is 0 Å². The molecule has 0 fully saturated rings. The zero-order valence-electron chi connectivity index (χ0n) is 10.2. The maximum Gasteiger partial charge on any atom is 0.147 e. The quantitative estimate of drug-likeness (QED) is 0.906. The monoisotopic (exact) mass is 247 g/mol. The van der Waals surface area contributed by atoms with E-state index in [-0.39, 0.29) is 5.69 Å². The summed E-state index contributed by atoms with van der Waals surface area (Å²) in [6.07, 6.45) is 0.310. The molecule has 0 saturated carbocycles. The zero-order valence-corrected chi connectivity index (χ0v) is 10.2. The van der Waals surface area contributed by atoms with Crippen molar-refractivity contribution in [3.8, 4) is 5.75 Å². The van der Waals surface area contributed by atoms with Gasteiger partial charge in [0.25, 0.3) is 0 Å². The molecule has 0 amide bonds. The number of aliphatic hydroxyl groups excluding tert-OH is 1. The molecule has 3 nitrogen and oxygen atoms in total. The first-order valence-electron chi connectivity index (χ1n) is 5.56. The number of aromatic nitrogens is 1. The summed E-state index contributed by atoms with van der Waals surface area (Å²) in [5, 5.41) is 10.2. The molecule has 0 aliphatic heterocycles. The molecule has 2 aromatic rings. The number of aryl methyl sites for hydroxylation is 1. The van der Waals surface area contributed by atoms with Crippen molar-refractivity contribution in [1.29, 1.82) is 0 Å². The predicted molar refractivity (Wildman–Crippen MR) is 66.0 cm³/mol. The summed E-state index contributed by atoms with van der Waals surface area (Å²) in [5.74, 6) is -0.0216. The van der Waals surface area contributed by atoms with Crippen molar-refractivity contribution in [3.05, 3.63) is 59.2 Å². The molecule has 0 radical (unpaired) electrons. The fourth-order valence-electron chi connectivity index (χ4n) is 1.81. The normalized spacial score (nSPS) is 12.2. The summed E-state index contributed by atoms with van der Waals surface area (Å²) in [4.78, 5) is 3.88. The van der Waals surface area contributed by atoms with E-state index in [1.165, 1.54) is 25.4 Å². The van der Waals surface area contributed by atoms with Gasteiger partial charge in [-0.1, -0.05) is 11.6 Å². The van der Waals surface area contributed by atoms with Gasteiger partial charge < -0.3 is 9.84 Å². The average molecular weight is 247 g/mol. The molecular formula is C14H14FNO2. The maximum atomic E-state index is 13.6. The van der Waals surface area contributed by atoms with E-state index in [1.807, 2.05) is 13.0 Å². The molecule has 1 heterocycles. The summed E-state index contributed by atoms with van der Waals surface area (Å²) in [6.45, 7) is 1.89. The first kappa shape index (κ1) is 12.5. The number of benzene rings is 1. The van der Waals surface area contributed by atoms with E-state index in [9.17, 15) is 9.50 Å². The van der Waals surface area contributed by atoms with E-state index in [2.05, 4.69) is 4.98 Å². The first-order valence-corrected chi connectivity index (χ1v) is 5.56. The van der Waals surface area contributed by atoms with Crippen LogP contribution in [0.2, 0.25) is 0 Å². The van der Waals surface area contributed by atoms with Gasteiger partial charge in [0.2, 0.25) is 0 Å². The summed E-state index contributed by atoms with van der Waals surface area (Å²) >= 11 is 0. The number of nitrogens with zero attached hydrogens (tertiary/aromatic N) is 1. The number of rotatable bonds is 3. The highest BCUT2D eigenvalue weighted by Gasteiger charge is 2.20. The lowest BCUT2D eigenvalue weighted by Crippen LogP contribution is -2.07. The Balaban J connectivity index is 2.48. The van der Waals surface area contributed by atoms with Gasteiger partial charge in [-0.2, -0.15) is 0 Å². The minimum atomic E-state index is -1.14. The summed E-state index contributed by atoms with van der Waals surface area (Å²) in [7, 11) is 1.51. The highest BCUT2D eigenvalue weighted by atomic mass is 19.1. The topological polar surface area (TPSA) is 42.4 Å². The molecule has 1 aromatic carbocycles. The van der Waals surface area contributed by atoms with Gasteiger partial charge in [-0.05, 0) is 31.2 Å². The van der Waals surface area contributed by atoms with Crippen LogP contribution in [0, 0.1) is 12.7 Å². The van der Waals surface area contributed by atoms with E-state index in [0.29, 0.717) is 11.3 Å². The summed E-state index contributed by atoms with van der Waals surface area (Å²) in [6, 6.07) is 8.13. The summed E-state index contributed by atoms with van der Waals surface area (Å²) < 4.78 is 18.8. The number of hydrogen-bond acceptors (Lipinski definition) is 3.